The summed E-state index contributed by atoms with van der Waals surface area (Å²) in [7, 11) is -3.19. The zero-order valence-electron chi connectivity index (χ0n) is 22.9. The molecule has 1 amide bonds. The van der Waals surface area contributed by atoms with Crippen molar-refractivity contribution in [2.24, 2.45) is 0 Å². The molecule has 1 aromatic carbocycles. The van der Waals surface area contributed by atoms with Gasteiger partial charge < -0.3 is 15.0 Å². The maximum absolute atomic E-state index is 14.3. The molecule has 1 aliphatic heterocycles. The smallest absolute Gasteiger partial charge is 0.264 e. The van der Waals surface area contributed by atoms with Crippen LogP contribution in [0.1, 0.15) is 13.3 Å². The van der Waals surface area contributed by atoms with E-state index < -0.39 is 26.6 Å². The molecule has 1 saturated heterocycles. The molecule has 0 aliphatic carbocycles. The van der Waals surface area contributed by atoms with E-state index in [0.717, 1.165) is 12.1 Å². The highest BCUT2D eigenvalue weighted by Crippen LogP contribution is 2.31. The Morgan fingerprint density at radius 2 is 1.91 bits per heavy atom. The van der Waals surface area contributed by atoms with E-state index in [1.165, 1.54) is 44.8 Å². The number of carbonyl (C=O) groups excluding carboxylic acids is 2. The van der Waals surface area contributed by atoms with Crippen molar-refractivity contribution in [3.05, 3.63) is 72.7 Å². The minimum absolute atomic E-state index is 0.0835. The van der Waals surface area contributed by atoms with Gasteiger partial charge in [0.05, 0.1) is 18.3 Å². The first-order valence-corrected chi connectivity index (χ1v) is 14.4. The highest BCUT2D eigenvalue weighted by molar-refractivity contribution is 7.92. The number of carbonyl (C=O) groups is 2. The molecule has 3 aromatic heterocycles. The Kier molecular flexibility index (Phi) is 8.25. The molecule has 12 nitrogen and oxygen atoms in total. The Morgan fingerprint density at radius 1 is 1.09 bits per heavy atom. The predicted molar refractivity (Wildman–Crippen MR) is 153 cm³/mol. The standard InChI is InChI=1S/C28H25F2N7O5S/c1-16(38)3-8-25(39)37-10-9-19(14-37)34-27-26-22(32-15-33-27)6-5-21(35-26)17-11-23(28(42-2)31-13-17)36-43(40,41)24-7-4-18(29)12-20(24)30/h3-8,11-13,15,19,36H,9-10,14H2,1-2H3,(H,32,33,34)/b8-3+. The van der Waals surface area contributed by atoms with Crippen molar-refractivity contribution >= 4 is 44.3 Å². The number of allylic oxidation sites excluding steroid dienone is 1. The Balaban J connectivity index is 1.42. The summed E-state index contributed by atoms with van der Waals surface area (Å²) in [5, 5.41) is 3.31. The summed E-state index contributed by atoms with van der Waals surface area (Å²) in [4.78, 5) is 41.9. The highest BCUT2D eigenvalue weighted by Gasteiger charge is 2.26. The number of benzene rings is 1. The number of methoxy groups -OCH3 is 1. The van der Waals surface area contributed by atoms with E-state index in [-0.39, 0.29) is 29.3 Å². The van der Waals surface area contributed by atoms with Crippen molar-refractivity contribution in [2.45, 2.75) is 24.3 Å². The van der Waals surface area contributed by atoms with Crippen molar-refractivity contribution in [3.63, 3.8) is 0 Å². The van der Waals surface area contributed by atoms with Crippen molar-refractivity contribution in [3.8, 4) is 17.1 Å². The lowest BCUT2D eigenvalue weighted by molar-refractivity contribution is -0.125. The maximum Gasteiger partial charge on any atom is 0.264 e. The SMILES string of the molecule is COc1ncc(-c2ccc3ncnc(NC4CCN(C(=O)/C=C/C(C)=O)C4)c3n2)cc1NS(=O)(=O)c1ccc(F)cc1F. The van der Waals surface area contributed by atoms with Gasteiger partial charge in [-0.15, -0.1) is 0 Å². The molecule has 0 radical (unpaired) electrons. The lowest BCUT2D eigenvalue weighted by Gasteiger charge is -2.16. The number of pyridine rings is 2. The summed E-state index contributed by atoms with van der Waals surface area (Å²) in [5.74, 6) is -2.30. The second-order valence-electron chi connectivity index (χ2n) is 9.61. The molecule has 0 spiro atoms. The van der Waals surface area contributed by atoms with E-state index in [0.29, 0.717) is 53.7 Å². The molecule has 15 heteroatoms. The molecule has 43 heavy (non-hydrogen) atoms. The zero-order chi connectivity index (χ0) is 30.7. The first-order chi connectivity index (χ1) is 20.5. The van der Waals surface area contributed by atoms with E-state index in [1.807, 2.05) is 0 Å². The normalized spacial score (nSPS) is 15.2. The molecule has 1 fully saturated rings. The zero-order valence-corrected chi connectivity index (χ0v) is 23.7. The number of ketones is 1. The summed E-state index contributed by atoms with van der Waals surface area (Å²) in [6.45, 7) is 2.27. The van der Waals surface area contributed by atoms with Crippen LogP contribution in [0.25, 0.3) is 22.3 Å². The molecule has 1 atom stereocenters. The van der Waals surface area contributed by atoms with Gasteiger partial charge in [-0.2, -0.15) is 0 Å². The largest absolute Gasteiger partial charge is 0.480 e. The summed E-state index contributed by atoms with van der Waals surface area (Å²) < 4.78 is 60.9. The average molecular weight is 610 g/mol. The number of fused-ring (bicyclic) bond motifs is 1. The van der Waals surface area contributed by atoms with Gasteiger partial charge in [0.1, 0.15) is 34.1 Å². The van der Waals surface area contributed by atoms with Crippen LogP contribution in [0.15, 0.2) is 66.0 Å². The van der Waals surface area contributed by atoms with Crippen molar-refractivity contribution < 1.29 is 31.5 Å². The summed E-state index contributed by atoms with van der Waals surface area (Å²) in [6, 6.07) is 6.79. The number of anilines is 2. The van der Waals surface area contributed by atoms with Gasteiger partial charge in [0, 0.05) is 43.0 Å². The molecule has 1 unspecified atom stereocenters. The number of sulfonamides is 1. The van der Waals surface area contributed by atoms with Gasteiger partial charge in [-0.3, -0.25) is 14.3 Å². The van der Waals surface area contributed by atoms with Crippen LogP contribution in [-0.2, 0) is 19.6 Å². The van der Waals surface area contributed by atoms with Gasteiger partial charge in [0.15, 0.2) is 11.6 Å². The van der Waals surface area contributed by atoms with Gasteiger partial charge in [0.2, 0.25) is 11.8 Å². The molecule has 0 saturated carbocycles. The number of aromatic nitrogens is 4. The monoisotopic (exact) mass is 609 g/mol. The van der Waals surface area contributed by atoms with Gasteiger partial charge >= 0.3 is 0 Å². The first-order valence-electron chi connectivity index (χ1n) is 12.9. The van der Waals surface area contributed by atoms with Gasteiger partial charge in [-0.25, -0.2) is 37.1 Å². The molecule has 5 rings (SSSR count). The fourth-order valence-corrected chi connectivity index (χ4v) is 5.60. The first kappa shape index (κ1) is 29.4. The molecule has 4 heterocycles. The summed E-state index contributed by atoms with van der Waals surface area (Å²) in [6.07, 6.45) is 5.94. The fraction of sp³-hybridized carbons (Fsp3) is 0.214. The second kappa shape index (κ2) is 12.1. The van der Waals surface area contributed by atoms with E-state index >= 15 is 0 Å². The van der Waals surface area contributed by atoms with Crippen molar-refractivity contribution in [1.29, 1.82) is 0 Å². The van der Waals surface area contributed by atoms with Crippen molar-refractivity contribution in [2.75, 3.05) is 30.2 Å². The van der Waals surface area contributed by atoms with E-state index in [1.54, 1.807) is 17.0 Å². The number of likely N-dealkylation sites (tertiary alicyclic amines) is 1. The topological polar surface area (TPSA) is 156 Å². The lowest BCUT2D eigenvalue weighted by Crippen LogP contribution is -2.30. The van der Waals surface area contributed by atoms with E-state index in [2.05, 4.69) is 30.0 Å². The van der Waals surface area contributed by atoms with Crippen LogP contribution >= 0.6 is 0 Å². The second-order valence-corrected chi connectivity index (χ2v) is 11.3. The third-order valence-electron chi connectivity index (χ3n) is 6.55. The van der Waals surface area contributed by atoms with Crippen LogP contribution in [-0.4, -0.2) is 71.2 Å². The number of hydrogen-bond donors (Lipinski definition) is 2. The van der Waals surface area contributed by atoms with Gasteiger partial charge in [-0.1, -0.05) is 0 Å². The van der Waals surface area contributed by atoms with Gasteiger partial charge in [-0.05, 0) is 49.8 Å². The molecule has 222 valence electrons. The quantitative estimate of drug-likeness (QED) is 0.270. The summed E-state index contributed by atoms with van der Waals surface area (Å²) in [5.41, 5.74) is 1.65. The Bertz CT molecular complexity index is 1870. The summed E-state index contributed by atoms with van der Waals surface area (Å²) >= 11 is 0. The van der Waals surface area contributed by atoms with E-state index in [9.17, 15) is 26.8 Å². The number of hydrogen-bond acceptors (Lipinski definition) is 10. The molecule has 4 aromatic rings. The van der Waals surface area contributed by atoms with Crippen LogP contribution in [0.3, 0.4) is 0 Å². The molecule has 0 bridgehead atoms. The van der Waals surface area contributed by atoms with E-state index in [4.69, 9.17) is 4.74 Å². The number of rotatable bonds is 9. The van der Waals surface area contributed by atoms with Gasteiger partial charge in [0.25, 0.3) is 10.0 Å². The van der Waals surface area contributed by atoms with Crippen LogP contribution in [0.5, 0.6) is 5.88 Å². The highest BCUT2D eigenvalue weighted by atomic mass is 32.2. The average Bonchev–Trinajstić information content (AvgIpc) is 3.44. The van der Waals surface area contributed by atoms with Crippen molar-refractivity contribution in [1.82, 2.24) is 24.8 Å². The fourth-order valence-electron chi connectivity index (χ4n) is 4.49. The van der Waals surface area contributed by atoms with Crippen LogP contribution < -0.4 is 14.8 Å². The number of ether oxygens (including phenoxy) is 1. The van der Waals surface area contributed by atoms with Crippen LogP contribution in [0.2, 0.25) is 0 Å². The third-order valence-corrected chi connectivity index (χ3v) is 7.95. The number of halogens is 2. The third kappa shape index (κ3) is 6.56. The molecule has 2 N–H and O–H groups in total. The molecule has 1 aliphatic rings. The number of nitrogens with one attached hydrogen (secondary N) is 2. The predicted octanol–water partition coefficient (Wildman–Crippen LogP) is 3.33. The number of nitrogens with zero attached hydrogens (tertiary/aromatic N) is 5. The number of amides is 1. The Hall–Kier alpha value is -5.05. The Labute approximate surface area is 244 Å². The molecular formula is C28H25F2N7O5S. The molecular weight excluding hydrogens is 584 g/mol. The lowest BCUT2D eigenvalue weighted by atomic mass is 10.1. The maximum atomic E-state index is 14.3. The minimum Gasteiger partial charge on any atom is -0.480 e. The van der Waals surface area contributed by atoms with Crippen LogP contribution in [0, 0.1) is 11.6 Å². The minimum atomic E-state index is -4.48. The Morgan fingerprint density at radius 3 is 2.65 bits per heavy atom. The van der Waals surface area contributed by atoms with Crippen LogP contribution in [0.4, 0.5) is 20.3 Å².